The number of anilines is 3. The van der Waals surface area contributed by atoms with E-state index in [1.54, 1.807) is 4.90 Å². The molecule has 3 heterocycles. The Morgan fingerprint density at radius 3 is 3.00 bits per heavy atom. The Bertz CT molecular complexity index is 851. The summed E-state index contributed by atoms with van der Waals surface area (Å²) in [5.74, 6) is 3.71. The molecule has 2 fully saturated rings. The average molecular weight is 338 g/mol. The van der Waals surface area contributed by atoms with Gasteiger partial charge in [0.25, 0.3) is 0 Å². The molecule has 2 aliphatic rings. The number of nitrogens with one attached hydrogen (secondary N) is 2. The van der Waals surface area contributed by atoms with Crippen molar-refractivity contribution >= 4 is 23.6 Å². The normalized spacial score (nSPS) is 19.6. The van der Waals surface area contributed by atoms with E-state index in [0.717, 1.165) is 12.1 Å². The van der Waals surface area contributed by atoms with Gasteiger partial charge < -0.3 is 15.3 Å². The summed E-state index contributed by atoms with van der Waals surface area (Å²) < 4.78 is 0. The fourth-order valence-corrected chi connectivity index (χ4v) is 3.10. The van der Waals surface area contributed by atoms with Gasteiger partial charge in [-0.2, -0.15) is 10.1 Å². The molecule has 8 heteroatoms. The van der Waals surface area contributed by atoms with Gasteiger partial charge in [-0.05, 0) is 25.7 Å². The highest BCUT2D eigenvalue weighted by atomic mass is 16.4. The van der Waals surface area contributed by atoms with Crippen LogP contribution in [0.25, 0.3) is 0 Å². The number of hydrogen-bond donors (Lipinski definition) is 3. The first-order valence-electron chi connectivity index (χ1n) is 8.31. The first-order chi connectivity index (χ1) is 12.2. The van der Waals surface area contributed by atoms with E-state index in [0.29, 0.717) is 42.0 Å². The highest BCUT2D eigenvalue weighted by molar-refractivity contribution is 5.78. The van der Waals surface area contributed by atoms with Crippen molar-refractivity contribution in [3.8, 4) is 12.3 Å². The average Bonchev–Trinajstić information content (AvgIpc) is 3.15. The zero-order chi connectivity index (χ0) is 17.4. The number of nitrogens with zero attached hydrogens (tertiary/aromatic N) is 4. The van der Waals surface area contributed by atoms with Gasteiger partial charge in [-0.1, -0.05) is 5.92 Å². The highest BCUT2D eigenvalue weighted by Crippen LogP contribution is 2.39. The SMILES string of the molecule is C#Cc1cnc(N2CCCC2C(=O)O)nc1Nc1cc(C2CC2)[nH]n1. The number of carbonyl (C=O) groups is 1. The molecule has 1 aliphatic carbocycles. The molecule has 0 amide bonds. The number of aromatic amines is 1. The molecule has 0 bridgehead atoms. The van der Waals surface area contributed by atoms with Gasteiger partial charge in [-0.3, -0.25) is 5.10 Å². The molecule has 2 aromatic rings. The molecule has 3 N–H and O–H groups in total. The lowest BCUT2D eigenvalue weighted by Crippen LogP contribution is -2.37. The Hall–Kier alpha value is -3.08. The predicted octanol–water partition coefficient (Wildman–Crippen LogP) is 1.86. The summed E-state index contributed by atoms with van der Waals surface area (Å²) in [5, 5.41) is 19.7. The second kappa shape index (κ2) is 6.09. The monoisotopic (exact) mass is 338 g/mol. The summed E-state index contributed by atoms with van der Waals surface area (Å²) in [4.78, 5) is 21.8. The van der Waals surface area contributed by atoms with Crippen molar-refractivity contribution in [1.29, 1.82) is 0 Å². The van der Waals surface area contributed by atoms with Gasteiger partial charge in [0.2, 0.25) is 5.95 Å². The fourth-order valence-electron chi connectivity index (χ4n) is 3.10. The van der Waals surface area contributed by atoms with E-state index < -0.39 is 12.0 Å². The number of terminal acetylenes is 1. The van der Waals surface area contributed by atoms with E-state index in [2.05, 4.69) is 31.4 Å². The number of carboxylic acid groups (broad SMARTS) is 1. The summed E-state index contributed by atoms with van der Waals surface area (Å²) in [7, 11) is 0. The number of hydrogen-bond acceptors (Lipinski definition) is 6. The third kappa shape index (κ3) is 3.01. The van der Waals surface area contributed by atoms with E-state index in [9.17, 15) is 9.90 Å². The number of rotatable bonds is 5. The van der Waals surface area contributed by atoms with Crippen LogP contribution in [0.1, 0.15) is 42.9 Å². The molecule has 4 rings (SSSR count). The molecule has 25 heavy (non-hydrogen) atoms. The third-order valence-corrected chi connectivity index (χ3v) is 4.59. The lowest BCUT2D eigenvalue weighted by atomic mass is 10.2. The van der Waals surface area contributed by atoms with Gasteiger partial charge >= 0.3 is 5.97 Å². The van der Waals surface area contributed by atoms with E-state index in [-0.39, 0.29) is 0 Å². The number of H-pyrrole nitrogens is 1. The molecule has 0 radical (unpaired) electrons. The molecule has 1 saturated carbocycles. The van der Waals surface area contributed by atoms with Crippen LogP contribution in [0, 0.1) is 12.3 Å². The molecule has 2 aromatic heterocycles. The summed E-state index contributed by atoms with van der Waals surface area (Å²) in [5.41, 5.74) is 1.61. The number of aliphatic carboxylic acids is 1. The minimum atomic E-state index is -0.863. The van der Waals surface area contributed by atoms with Crippen LogP contribution in [0.4, 0.5) is 17.6 Å². The Morgan fingerprint density at radius 1 is 1.44 bits per heavy atom. The van der Waals surface area contributed by atoms with Crippen molar-refractivity contribution in [2.75, 3.05) is 16.8 Å². The molecule has 8 nitrogen and oxygen atoms in total. The zero-order valence-electron chi connectivity index (χ0n) is 13.6. The molecule has 1 saturated heterocycles. The second-order valence-corrected chi connectivity index (χ2v) is 6.37. The van der Waals surface area contributed by atoms with Crippen molar-refractivity contribution in [2.45, 2.75) is 37.6 Å². The molecule has 1 atom stereocenters. The number of aromatic nitrogens is 4. The van der Waals surface area contributed by atoms with Crippen LogP contribution in [0.3, 0.4) is 0 Å². The van der Waals surface area contributed by atoms with E-state index in [1.165, 1.54) is 19.0 Å². The maximum absolute atomic E-state index is 11.4. The Morgan fingerprint density at radius 2 is 2.28 bits per heavy atom. The van der Waals surface area contributed by atoms with Crippen LogP contribution in [0.5, 0.6) is 0 Å². The molecular formula is C17H18N6O2. The smallest absolute Gasteiger partial charge is 0.326 e. The number of carboxylic acids is 1. The molecular weight excluding hydrogens is 320 g/mol. The van der Waals surface area contributed by atoms with Gasteiger partial charge in [0.15, 0.2) is 11.6 Å². The van der Waals surface area contributed by atoms with E-state index in [4.69, 9.17) is 6.42 Å². The maximum atomic E-state index is 11.4. The molecule has 1 unspecified atom stereocenters. The Labute approximate surface area is 144 Å². The van der Waals surface area contributed by atoms with Crippen molar-refractivity contribution in [1.82, 2.24) is 20.2 Å². The van der Waals surface area contributed by atoms with Gasteiger partial charge in [0, 0.05) is 24.2 Å². The molecule has 0 aromatic carbocycles. The Kier molecular flexibility index (Phi) is 3.76. The second-order valence-electron chi connectivity index (χ2n) is 6.37. The fraction of sp³-hybridized carbons (Fsp3) is 0.412. The molecule has 0 spiro atoms. The van der Waals surface area contributed by atoms with Crippen molar-refractivity contribution in [2.24, 2.45) is 0 Å². The van der Waals surface area contributed by atoms with Crippen LogP contribution in [-0.4, -0.2) is 43.8 Å². The van der Waals surface area contributed by atoms with Crippen LogP contribution >= 0.6 is 0 Å². The van der Waals surface area contributed by atoms with Crippen molar-refractivity contribution in [3.63, 3.8) is 0 Å². The highest BCUT2D eigenvalue weighted by Gasteiger charge is 2.32. The standard InChI is InChI=1S/C17H18N6O2/c1-2-10-9-18-17(23-7-3-4-13(23)16(24)25)20-15(10)19-14-8-12(21-22-14)11-5-6-11/h1,8-9,11,13H,3-7H2,(H,24,25)(H2,18,19,20,21,22). The first-order valence-corrected chi connectivity index (χ1v) is 8.31. The zero-order valence-corrected chi connectivity index (χ0v) is 13.6. The minimum Gasteiger partial charge on any atom is -0.480 e. The first kappa shape index (κ1) is 15.4. The van der Waals surface area contributed by atoms with Crippen LogP contribution in [0.15, 0.2) is 12.3 Å². The van der Waals surface area contributed by atoms with Crippen LogP contribution in [-0.2, 0) is 4.79 Å². The van der Waals surface area contributed by atoms with Crippen molar-refractivity contribution < 1.29 is 9.90 Å². The quantitative estimate of drug-likeness (QED) is 0.714. The third-order valence-electron chi connectivity index (χ3n) is 4.59. The summed E-state index contributed by atoms with van der Waals surface area (Å²) >= 11 is 0. The Balaban J connectivity index is 1.61. The summed E-state index contributed by atoms with van der Waals surface area (Å²) in [6, 6.07) is 1.35. The van der Waals surface area contributed by atoms with E-state index in [1.807, 2.05) is 6.07 Å². The van der Waals surface area contributed by atoms with Gasteiger partial charge in [-0.25, -0.2) is 9.78 Å². The van der Waals surface area contributed by atoms with Crippen LogP contribution < -0.4 is 10.2 Å². The summed E-state index contributed by atoms with van der Waals surface area (Å²) in [6.07, 6.45) is 10.8. The van der Waals surface area contributed by atoms with Crippen LogP contribution in [0.2, 0.25) is 0 Å². The lowest BCUT2D eigenvalue weighted by molar-refractivity contribution is -0.138. The predicted molar refractivity (Wildman–Crippen MR) is 91.8 cm³/mol. The van der Waals surface area contributed by atoms with Gasteiger partial charge in [0.05, 0.1) is 11.8 Å². The maximum Gasteiger partial charge on any atom is 0.326 e. The van der Waals surface area contributed by atoms with Gasteiger partial charge in [0.1, 0.15) is 6.04 Å². The largest absolute Gasteiger partial charge is 0.480 e. The lowest BCUT2D eigenvalue weighted by Gasteiger charge is -2.21. The minimum absolute atomic E-state index is 0.365. The van der Waals surface area contributed by atoms with E-state index >= 15 is 0 Å². The van der Waals surface area contributed by atoms with Crippen molar-refractivity contribution in [3.05, 3.63) is 23.5 Å². The molecule has 128 valence electrons. The summed E-state index contributed by atoms with van der Waals surface area (Å²) in [6.45, 7) is 0.611. The topological polar surface area (TPSA) is 107 Å². The molecule has 1 aliphatic heterocycles. The van der Waals surface area contributed by atoms with Gasteiger partial charge in [-0.15, -0.1) is 6.42 Å².